The van der Waals surface area contributed by atoms with Crippen molar-refractivity contribution in [2.75, 3.05) is 11.9 Å². The van der Waals surface area contributed by atoms with Gasteiger partial charge in [0.25, 0.3) is 0 Å². The van der Waals surface area contributed by atoms with Gasteiger partial charge in [0.05, 0.1) is 22.6 Å². The van der Waals surface area contributed by atoms with Crippen molar-refractivity contribution in [2.24, 2.45) is 5.92 Å². The molecule has 7 aromatic rings. The maximum Gasteiger partial charge on any atom is 0.235 e. The van der Waals surface area contributed by atoms with Crippen LogP contribution in [0.25, 0.3) is 62.5 Å². The molecule has 5 aromatic carbocycles. The van der Waals surface area contributed by atoms with Gasteiger partial charge in [0.2, 0.25) is 5.95 Å². The van der Waals surface area contributed by atoms with Gasteiger partial charge in [0, 0.05) is 46.9 Å². The van der Waals surface area contributed by atoms with Crippen molar-refractivity contribution in [2.45, 2.75) is 18.4 Å². The number of rotatable bonds is 5. The Morgan fingerprint density at radius 1 is 0.667 bits per heavy atom. The fourth-order valence-electron chi connectivity index (χ4n) is 8.41. The minimum absolute atomic E-state index is 0.309. The molecule has 0 bridgehead atoms. The normalized spacial score (nSPS) is 18.7. The molecule has 1 aliphatic heterocycles. The van der Waals surface area contributed by atoms with Crippen molar-refractivity contribution in [1.29, 1.82) is 0 Å². The average molecular weight is 657 g/mol. The second-order valence-corrected chi connectivity index (χ2v) is 13.8. The van der Waals surface area contributed by atoms with Crippen LogP contribution in [0.2, 0.25) is 0 Å². The van der Waals surface area contributed by atoms with Crippen LogP contribution >= 0.6 is 0 Å². The van der Waals surface area contributed by atoms with Gasteiger partial charge in [-0.3, -0.25) is 4.57 Å². The van der Waals surface area contributed by atoms with E-state index in [0.29, 0.717) is 23.8 Å². The number of aromatic nitrogens is 3. The minimum atomic E-state index is 0.309. The fourth-order valence-corrected chi connectivity index (χ4v) is 8.41. The maximum absolute atomic E-state index is 5.20. The summed E-state index contributed by atoms with van der Waals surface area (Å²) in [5.74, 6) is 1.38. The third-order valence-electron chi connectivity index (χ3n) is 11.0. The first kappa shape index (κ1) is 29.6. The van der Waals surface area contributed by atoms with Gasteiger partial charge in [-0.15, -0.1) is 0 Å². The van der Waals surface area contributed by atoms with E-state index in [0.717, 1.165) is 28.8 Å². The van der Waals surface area contributed by atoms with Gasteiger partial charge in [-0.1, -0.05) is 140 Å². The van der Waals surface area contributed by atoms with Gasteiger partial charge in [-0.25, -0.2) is 9.97 Å². The standard InChI is InChI=1S/C47H36N4/c1-50-43-16-7-5-14-38(43)40-29-35(22-24-44(40)50)36-23-25-46-41(30-36)39-15-6-8-17-45(39)51(46)47-48-27-26-42(49-47)37-13-9-12-34(28-37)33-20-18-32(19-21-33)31-10-3-2-4-11-31/h2-22,24-30,36,40,44H,23H2,1H3. The Balaban J connectivity index is 1.00. The van der Waals surface area contributed by atoms with Crippen molar-refractivity contribution in [3.05, 3.63) is 180 Å². The van der Waals surface area contributed by atoms with Crippen LogP contribution in [0.5, 0.6) is 0 Å². The summed E-state index contributed by atoms with van der Waals surface area (Å²) in [5.41, 5.74) is 12.0. The first-order chi connectivity index (χ1) is 25.2. The van der Waals surface area contributed by atoms with Crippen LogP contribution in [0.4, 0.5) is 5.69 Å². The van der Waals surface area contributed by atoms with Crippen LogP contribution in [0.15, 0.2) is 163 Å². The first-order valence-corrected chi connectivity index (χ1v) is 17.8. The first-order valence-electron chi connectivity index (χ1n) is 17.8. The summed E-state index contributed by atoms with van der Waals surface area (Å²) in [6.45, 7) is 0. The van der Waals surface area contributed by atoms with Gasteiger partial charge in [0.15, 0.2) is 0 Å². The Labute approximate surface area is 297 Å². The van der Waals surface area contributed by atoms with E-state index in [-0.39, 0.29) is 0 Å². The molecule has 4 heteroatoms. The van der Waals surface area contributed by atoms with Crippen LogP contribution in [0.1, 0.15) is 17.9 Å². The van der Waals surface area contributed by atoms with Crippen molar-refractivity contribution in [1.82, 2.24) is 14.5 Å². The van der Waals surface area contributed by atoms with Crippen LogP contribution < -0.4 is 15.5 Å². The number of nitrogens with zero attached hydrogens (tertiary/aromatic N) is 4. The Kier molecular flexibility index (Phi) is 6.95. The van der Waals surface area contributed by atoms with Crippen molar-refractivity contribution >= 4 is 28.7 Å². The van der Waals surface area contributed by atoms with Gasteiger partial charge >= 0.3 is 0 Å². The number of fused-ring (bicyclic) bond motifs is 6. The zero-order valence-electron chi connectivity index (χ0n) is 28.4. The number of likely N-dealkylation sites (N-methyl/N-ethyl adjacent to an activating group) is 1. The topological polar surface area (TPSA) is 34.0 Å². The molecular weight excluding hydrogens is 621 g/mol. The van der Waals surface area contributed by atoms with E-state index in [4.69, 9.17) is 9.97 Å². The number of para-hydroxylation sites is 2. The summed E-state index contributed by atoms with van der Waals surface area (Å²) < 4.78 is 2.25. The third-order valence-corrected chi connectivity index (χ3v) is 11.0. The van der Waals surface area contributed by atoms with E-state index in [1.165, 1.54) is 49.5 Å². The molecule has 10 rings (SSSR count). The molecule has 2 aromatic heterocycles. The number of benzene rings is 5. The molecule has 3 atom stereocenters. The average Bonchev–Trinajstić information content (AvgIpc) is 3.69. The number of hydrogen-bond donors (Lipinski definition) is 0. The van der Waals surface area contributed by atoms with Crippen LogP contribution in [0, 0.1) is 5.92 Å². The molecule has 0 radical (unpaired) electrons. The van der Waals surface area contributed by atoms with E-state index in [2.05, 4.69) is 174 Å². The van der Waals surface area contributed by atoms with E-state index in [1.807, 2.05) is 12.3 Å². The molecule has 0 saturated carbocycles. The summed E-state index contributed by atoms with van der Waals surface area (Å²) >= 11 is 0. The highest BCUT2D eigenvalue weighted by Crippen LogP contribution is 2.45. The Morgan fingerprint density at radius 3 is 2.27 bits per heavy atom. The van der Waals surface area contributed by atoms with Gasteiger partial charge < -0.3 is 4.90 Å². The van der Waals surface area contributed by atoms with Crippen molar-refractivity contribution in [3.63, 3.8) is 0 Å². The molecule has 51 heavy (non-hydrogen) atoms. The Hall–Kier alpha value is -6.26. The summed E-state index contributed by atoms with van der Waals surface area (Å²) in [6, 6.07) is 47.9. The lowest BCUT2D eigenvalue weighted by Gasteiger charge is -2.28. The summed E-state index contributed by atoms with van der Waals surface area (Å²) in [7, 11) is 2.22. The van der Waals surface area contributed by atoms with E-state index in [9.17, 15) is 0 Å². The third kappa shape index (κ3) is 4.98. The Morgan fingerprint density at radius 2 is 1.39 bits per heavy atom. The van der Waals surface area contributed by atoms with E-state index in [1.54, 1.807) is 0 Å². The van der Waals surface area contributed by atoms with Gasteiger partial charge in [-0.05, 0) is 64.1 Å². The van der Waals surface area contributed by atoms with Crippen LogP contribution in [0.3, 0.4) is 0 Å². The lowest BCUT2D eigenvalue weighted by Crippen LogP contribution is -2.34. The highest BCUT2D eigenvalue weighted by atomic mass is 15.2. The minimum Gasteiger partial charge on any atom is -0.367 e. The molecule has 0 N–H and O–H groups in total. The lowest BCUT2D eigenvalue weighted by atomic mass is 9.82. The fraction of sp³-hybridized carbons (Fsp3) is 0.106. The molecule has 0 saturated heterocycles. The van der Waals surface area contributed by atoms with Crippen molar-refractivity contribution < 1.29 is 0 Å². The van der Waals surface area contributed by atoms with Crippen LogP contribution in [-0.2, 0) is 0 Å². The summed E-state index contributed by atoms with van der Waals surface area (Å²) in [6.07, 6.45) is 15.0. The molecule has 2 aliphatic carbocycles. The zero-order valence-corrected chi connectivity index (χ0v) is 28.4. The second-order valence-electron chi connectivity index (χ2n) is 13.8. The Bertz CT molecular complexity index is 2650. The molecular formula is C47H36N4. The molecule has 244 valence electrons. The van der Waals surface area contributed by atoms with E-state index >= 15 is 0 Å². The predicted octanol–water partition coefficient (Wildman–Crippen LogP) is 9.10. The molecule has 3 heterocycles. The highest BCUT2D eigenvalue weighted by Gasteiger charge is 2.35. The number of hydrogen-bond acceptors (Lipinski definition) is 3. The molecule has 3 aliphatic rings. The monoisotopic (exact) mass is 656 g/mol. The van der Waals surface area contributed by atoms with Gasteiger partial charge in [-0.2, -0.15) is 0 Å². The van der Waals surface area contributed by atoms with Crippen molar-refractivity contribution in [3.8, 4) is 39.5 Å². The predicted molar refractivity (Wildman–Crippen MR) is 210 cm³/mol. The number of anilines is 1. The molecule has 0 amide bonds. The van der Waals surface area contributed by atoms with Gasteiger partial charge in [0.1, 0.15) is 0 Å². The van der Waals surface area contributed by atoms with E-state index < -0.39 is 0 Å². The molecule has 3 unspecified atom stereocenters. The van der Waals surface area contributed by atoms with Crippen LogP contribution in [-0.4, -0.2) is 27.6 Å². The largest absolute Gasteiger partial charge is 0.367 e. The molecule has 0 spiro atoms. The maximum atomic E-state index is 5.20. The molecule has 4 nitrogen and oxygen atoms in total. The second kappa shape index (κ2) is 12.0. The smallest absolute Gasteiger partial charge is 0.235 e. The SMILES string of the molecule is CN1c2ccccc2C2C=C(C3C=c4c(n(-c5nccc(-c6cccc(-c7ccc(-c8ccccc8)cc7)c6)n5)c5ccccc45)=CC3)C=CC21. The lowest BCUT2D eigenvalue weighted by molar-refractivity contribution is 0.700. The summed E-state index contributed by atoms with van der Waals surface area (Å²) in [5, 5.41) is 3.66. The summed E-state index contributed by atoms with van der Waals surface area (Å²) in [4.78, 5) is 12.5. The zero-order chi connectivity index (χ0) is 33.9. The quantitative estimate of drug-likeness (QED) is 0.185. The molecule has 0 fully saturated rings. The number of allylic oxidation sites excluding steroid dienone is 2. The highest BCUT2D eigenvalue weighted by molar-refractivity contribution is 5.84.